The molecule has 0 fully saturated rings. The molecular formula is C12H21N5OS. The van der Waals surface area contributed by atoms with Crippen LogP contribution in [0.3, 0.4) is 0 Å². The molecule has 4 N–H and O–H groups in total. The third kappa shape index (κ3) is 4.07. The molecule has 1 heterocycles. The Morgan fingerprint density at radius 2 is 2.00 bits per heavy atom. The van der Waals surface area contributed by atoms with E-state index in [4.69, 9.17) is 5.84 Å². The minimum Gasteiger partial charge on any atom is -0.358 e. The summed E-state index contributed by atoms with van der Waals surface area (Å²) in [5.74, 6) is 7.06. The quantitative estimate of drug-likeness (QED) is 0.333. The van der Waals surface area contributed by atoms with E-state index in [-0.39, 0.29) is 11.3 Å². The van der Waals surface area contributed by atoms with E-state index in [0.717, 1.165) is 10.6 Å². The highest BCUT2D eigenvalue weighted by Crippen LogP contribution is 2.28. The van der Waals surface area contributed by atoms with Crippen molar-refractivity contribution in [3.63, 3.8) is 0 Å². The lowest BCUT2D eigenvalue weighted by atomic mass is 9.95. The fraction of sp³-hybridized carbons (Fsp3) is 0.583. The monoisotopic (exact) mass is 283 g/mol. The third-order valence-corrected chi connectivity index (χ3v) is 3.60. The van der Waals surface area contributed by atoms with Gasteiger partial charge in [-0.15, -0.1) is 0 Å². The predicted octanol–water partition coefficient (Wildman–Crippen LogP) is 1.21. The summed E-state index contributed by atoms with van der Waals surface area (Å²) >= 11 is 1.38. The molecule has 0 aromatic carbocycles. The van der Waals surface area contributed by atoms with Gasteiger partial charge in [-0.05, 0) is 6.92 Å². The van der Waals surface area contributed by atoms with Gasteiger partial charge in [-0.25, -0.2) is 15.8 Å². The van der Waals surface area contributed by atoms with Gasteiger partial charge in [0.15, 0.2) is 0 Å². The van der Waals surface area contributed by atoms with Crippen molar-refractivity contribution in [3.8, 4) is 0 Å². The van der Waals surface area contributed by atoms with Gasteiger partial charge in [0, 0.05) is 18.0 Å². The van der Waals surface area contributed by atoms with E-state index in [2.05, 4.69) is 20.7 Å². The molecule has 7 heteroatoms. The number of nitrogens with one attached hydrogen (secondary N) is 2. The molecule has 0 aliphatic rings. The SMILES string of the molecule is CNC(=O)CSc1nc(C(C)(C)C)nc(NN)c1C. The van der Waals surface area contributed by atoms with Gasteiger partial charge in [-0.3, -0.25) is 4.79 Å². The predicted molar refractivity (Wildman–Crippen MR) is 78.1 cm³/mol. The molecule has 0 bridgehead atoms. The zero-order chi connectivity index (χ0) is 14.6. The van der Waals surface area contributed by atoms with Gasteiger partial charge in [0.2, 0.25) is 5.91 Å². The summed E-state index contributed by atoms with van der Waals surface area (Å²) in [5, 5.41) is 3.36. The molecule has 1 amide bonds. The van der Waals surface area contributed by atoms with Crippen molar-refractivity contribution in [2.45, 2.75) is 38.1 Å². The first kappa shape index (κ1) is 15.7. The number of carbonyl (C=O) groups excluding carboxylic acids is 1. The second kappa shape index (κ2) is 6.21. The van der Waals surface area contributed by atoms with E-state index in [1.54, 1.807) is 7.05 Å². The van der Waals surface area contributed by atoms with Gasteiger partial charge in [-0.1, -0.05) is 32.5 Å². The fourth-order valence-electron chi connectivity index (χ4n) is 1.32. The summed E-state index contributed by atoms with van der Waals surface area (Å²) in [6.07, 6.45) is 0. The molecule has 1 rings (SSSR count). The molecule has 19 heavy (non-hydrogen) atoms. The Morgan fingerprint density at radius 1 is 1.37 bits per heavy atom. The standard InChI is InChI=1S/C12H21N5OS/c1-7-9(17-13)15-11(12(2,3)4)16-10(7)19-6-8(18)14-5/h6,13H2,1-5H3,(H,14,18)(H,15,16,17). The lowest BCUT2D eigenvalue weighted by molar-refractivity contribution is -0.118. The van der Waals surface area contributed by atoms with E-state index in [9.17, 15) is 4.79 Å². The van der Waals surface area contributed by atoms with Crippen LogP contribution in [-0.2, 0) is 10.2 Å². The Hall–Kier alpha value is -1.34. The van der Waals surface area contributed by atoms with E-state index >= 15 is 0 Å². The van der Waals surface area contributed by atoms with Crippen LogP contribution in [0.2, 0.25) is 0 Å². The summed E-state index contributed by atoms with van der Waals surface area (Å²) in [5.41, 5.74) is 3.26. The number of rotatable bonds is 4. The molecule has 0 atom stereocenters. The number of thioether (sulfide) groups is 1. The van der Waals surface area contributed by atoms with Gasteiger partial charge >= 0.3 is 0 Å². The molecule has 0 unspecified atom stereocenters. The van der Waals surface area contributed by atoms with E-state index in [0.29, 0.717) is 17.4 Å². The number of hydrogen-bond donors (Lipinski definition) is 3. The van der Waals surface area contributed by atoms with Crippen molar-refractivity contribution in [1.29, 1.82) is 0 Å². The van der Waals surface area contributed by atoms with Crippen molar-refractivity contribution in [1.82, 2.24) is 15.3 Å². The van der Waals surface area contributed by atoms with E-state index in [1.165, 1.54) is 11.8 Å². The molecular weight excluding hydrogens is 262 g/mol. The van der Waals surface area contributed by atoms with Crippen LogP contribution in [0.1, 0.15) is 32.2 Å². The van der Waals surface area contributed by atoms with Crippen LogP contribution < -0.4 is 16.6 Å². The maximum atomic E-state index is 11.3. The van der Waals surface area contributed by atoms with Gasteiger partial charge in [0.25, 0.3) is 0 Å². The first-order valence-electron chi connectivity index (χ1n) is 5.98. The maximum absolute atomic E-state index is 11.3. The van der Waals surface area contributed by atoms with Gasteiger partial charge in [0.1, 0.15) is 16.7 Å². The van der Waals surface area contributed by atoms with Crippen LogP contribution in [0.4, 0.5) is 5.82 Å². The second-order valence-electron chi connectivity index (χ2n) is 5.18. The number of nitrogens with two attached hydrogens (primary N) is 1. The Labute approximate surface area is 117 Å². The molecule has 0 aliphatic heterocycles. The average Bonchev–Trinajstić information content (AvgIpc) is 2.35. The molecule has 0 spiro atoms. The molecule has 1 aromatic rings. The number of aromatic nitrogens is 2. The van der Waals surface area contributed by atoms with Crippen LogP contribution in [0.15, 0.2) is 5.03 Å². The summed E-state index contributed by atoms with van der Waals surface area (Å²) in [7, 11) is 1.61. The lowest BCUT2D eigenvalue weighted by Crippen LogP contribution is -2.22. The van der Waals surface area contributed by atoms with E-state index in [1.807, 2.05) is 27.7 Å². The van der Waals surface area contributed by atoms with Crippen LogP contribution in [0.5, 0.6) is 0 Å². The molecule has 0 saturated heterocycles. The number of amides is 1. The topological polar surface area (TPSA) is 92.9 Å². The molecule has 0 radical (unpaired) electrons. The summed E-state index contributed by atoms with van der Waals surface area (Å²) < 4.78 is 0. The van der Waals surface area contributed by atoms with Gasteiger partial charge in [-0.2, -0.15) is 0 Å². The zero-order valence-electron chi connectivity index (χ0n) is 12.0. The summed E-state index contributed by atoms with van der Waals surface area (Å²) in [6.45, 7) is 7.98. The number of anilines is 1. The highest BCUT2D eigenvalue weighted by molar-refractivity contribution is 7.99. The van der Waals surface area contributed by atoms with Crippen LogP contribution in [-0.4, -0.2) is 28.7 Å². The number of nitrogens with zero attached hydrogens (tertiary/aromatic N) is 2. The van der Waals surface area contributed by atoms with Crippen molar-refractivity contribution >= 4 is 23.5 Å². The zero-order valence-corrected chi connectivity index (χ0v) is 12.8. The number of hydrogen-bond acceptors (Lipinski definition) is 6. The van der Waals surface area contributed by atoms with Crippen molar-refractivity contribution < 1.29 is 4.79 Å². The maximum Gasteiger partial charge on any atom is 0.230 e. The number of carbonyl (C=O) groups is 1. The second-order valence-corrected chi connectivity index (χ2v) is 6.15. The molecule has 0 saturated carbocycles. The van der Waals surface area contributed by atoms with Crippen molar-refractivity contribution in [2.24, 2.45) is 5.84 Å². The Kier molecular flexibility index (Phi) is 5.13. The number of nitrogen functional groups attached to an aromatic ring is 1. The lowest BCUT2D eigenvalue weighted by Gasteiger charge is -2.19. The van der Waals surface area contributed by atoms with Gasteiger partial charge < -0.3 is 10.7 Å². The summed E-state index contributed by atoms with van der Waals surface area (Å²) in [6, 6.07) is 0. The van der Waals surface area contributed by atoms with Crippen LogP contribution >= 0.6 is 11.8 Å². The minimum absolute atomic E-state index is 0.0393. The van der Waals surface area contributed by atoms with Crippen LogP contribution in [0, 0.1) is 6.92 Å². The highest BCUT2D eigenvalue weighted by atomic mass is 32.2. The first-order valence-corrected chi connectivity index (χ1v) is 6.97. The number of hydrazine groups is 1. The Morgan fingerprint density at radius 3 is 2.47 bits per heavy atom. The largest absolute Gasteiger partial charge is 0.358 e. The Balaban J connectivity index is 3.11. The molecule has 6 nitrogen and oxygen atoms in total. The third-order valence-electron chi connectivity index (χ3n) is 2.53. The smallest absolute Gasteiger partial charge is 0.230 e. The van der Waals surface area contributed by atoms with Crippen molar-refractivity contribution in [3.05, 3.63) is 11.4 Å². The van der Waals surface area contributed by atoms with Crippen LogP contribution in [0.25, 0.3) is 0 Å². The fourth-order valence-corrected chi connectivity index (χ4v) is 2.19. The normalized spacial score (nSPS) is 11.3. The highest BCUT2D eigenvalue weighted by Gasteiger charge is 2.21. The van der Waals surface area contributed by atoms with Gasteiger partial charge in [0.05, 0.1) is 5.75 Å². The average molecular weight is 283 g/mol. The molecule has 0 aliphatic carbocycles. The molecule has 106 valence electrons. The first-order chi connectivity index (χ1) is 8.79. The summed E-state index contributed by atoms with van der Waals surface area (Å²) in [4.78, 5) is 20.3. The van der Waals surface area contributed by atoms with Crippen molar-refractivity contribution in [2.75, 3.05) is 18.2 Å². The minimum atomic E-state index is -0.179. The molecule has 1 aromatic heterocycles. The van der Waals surface area contributed by atoms with E-state index < -0.39 is 0 Å². The Bertz CT molecular complexity index is 470.